The van der Waals surface area contributed by atoms with Gasteiger partial charge >= 0.3 is 0 Å². The highest BCUT2D eigenvalue weighted by atomic mass is 16.1. The Labute approximate surface area is 151 Å². The smallest absolute Gasteiger partial charge is 0.256 e. The zero-order valence-corrected chi connectivity index (χ0v) is 14.7. The predicted octanol–water partition coefficient (Wildman–Crippen LogP) is 5.10. The van der Waals surface area contributed by atoms with E-state index in [0.29, 0.717) is 11.4 Å². The molecule has 0 aliphatic rings. The number of anilines is 1. The summed E-state index contributed by atoms with van der Waals surface area (Å²) >= 11 is 0. The third-order valence-electron chi connectivity index (χ3n) is 4.30. The molecule has 0 fully saturated rings. The van der Waals surface area contributed by atoms with Crippen LogP contribution in [-0.4, -0.2) is 15.9 Å². The fourth-order valence-corrected chi connectivity index (χ4v) is 3.21. The summed E-state index contributed by atoms with van der Waals surface area (Å²) in [7, 11) is 0. The third-order valence-corrected chi connectivity index (χ3v) is 4.30. The van der Waals surface area contributed by atoms with Gasteiger partial charge in [-0.25, -0.2) is 4.98 Å². The van der Waals surface area contributed by atoms with Crippen LogP contribution in [-0.2, 0) is 0 Å². The summed E-state index contributed by atoms with van der Waals surface area (Å²) in [6, 6.07) is 21.4. The molecule has 2 N–H and O–H groups in total. The summed E-state index contributed by atoms with van der Waals surface area (Å²) < 4.78 is 0. The summed E-state index contributed by atoms with van der Waals surface area (Å²) in [5.74, 6) is 0.545. The summed E-state index contributed by atoms with van der Waals surface area (Å²) in [4.78, 5) is 20.8. The number of benzene rings is 3. The fourth-order valence-electron chi connectivity index (χ4n) is 3.21. The largest absolute Gasteiger partial charge is 0.338 e. The zero-order chi connectivity index (χ0) is 18.1. The lowest BCUT2D eigenvalue weighted by molar-refractivity contribution is 0.102. The average Bonchev–Trinajstić information content (AvgIpc) is 3.05. The van der Waals surface area contributed by atoms with Crippen molar-refractivity contribution in [1.82, 2.24) is 9.97 Å². The van der Waals surface area contributed by atoms with E-state index in [-0.39, 0.29) is 5.91 Å². The SMILES string of the molecule is Cc1cc(C)cc(NC(=O)c2ccccc2-c2nc3ccccc3[nH]2)c1. The Morgan fingerprint density at radius 2 is 1.62 bits per heavy atom. The lowest BCUT2D eigenvalue weighted by atomic mass is 10.1. The Morgan fingerprint density at radius 1 is 0.923 bits per heavy atom. The van der Waals surface area contributed by atoms with E-state index in [4.69, 9.17) is 0 Å². The van der Waals surface area contributed by atoms with Crippen LogP contribution < -0.4 is 5.32 Å². The lowest BCUT2D eigenvalue weighted by Crippen LogP contribution is -2.13. The van der Waals surface area contributed by atoms with Crippen LogP contribution in [0.4, 0.5) is 5.69 Å². The number of para-hydroxylation sites is 2. The second-order valence-corrected chi connectivity index (χ2v) is 6.48. The van der Waals surface area contributed by atoms with E-state index >= 15 is 0 Å². The van der Waals surface area contributed by atoms with Crippen molar-refractivity contribution in [2.24, 2.45) is 0 Å². The lowest BCUT2D eigenvalue weighted by Gasteiger charge is -2.10. The number of aromatic nitrogens is 2. The Bertz CT molecular complexity index is 1060. The Hall–Kier alpha value is -3.40. The number of aryl methyl sites for hydroxylation is 2. The number of carbonyl (C=O) groups excluding carboxylic acids is 1. The van der Waals surface area contributed by atoms with E-state index in [1.807, 2.05) is 74.5 Å². The Kier molecular flexibility index (Phi) is 4.01. The van der Waals surface area contributed by atoms with Gasteiger partial charge in [0.25, 0.3) is 5.91 Å². The number of carbonyl (C=O) groups is 1. The molecule has 0 aliphatic heterocycles. The number of fused-ring (bicyclic) bond motifs is 1. The molecular weight excluding hydrogens is 322 g/mol. The number of H-pyrrole nitrogens is 1. The van der Waals surface area contributed by atoms with Gasteiger partial charge in [-0.15, -0.1) is 0 Å². The quantitative estimate of drug-likeness (QED) is 0.545. The van der Waals surface area contributed by atoms with Crippen LogP contribution in [0.3, 0.4) is 0 Å². The average molecular weight is 341 g/mol. The zero-order valence-electron chi connectivity index (χ0n) is 14.7. The van der Waals surface area contributed by atoms with E-state index in [9.17, 15) is 4.79 Å². The monoisotopic (exact) mass is 341 g/mol. The van der Waals surface area contributed by atoms with Crippen molar-refractivity contribution in [3.8, 4) is 11.4 Å². The van der Waals surface area contributed by atoms with Gasteiger partial charge in [-0.3, -0.25) is 4.79 Å². The maximum Gasteiger partial charge on any atom is 0.256 e. The van der Waals surface area contributed by atoms with Gasteiger partial charge < -0.3 is 10.3 Å². The normalized spacial score (nSPS) is 10.8. The van der Waals surface area contributed by atoms with Crippen molar-refractivity contribution >= 4 is 22.6 Å². The molecule has 4 rings (SSSR count). The molecule has 0 radical (unpaired) electrons. The first-order valence-corrected chi connectivity index (χ1v) is 8.54. The van der Waals surface area contributed by atoms with Crippen LogP contribution in [0, 0.1) is 13.8 Å². The Morgan fingerprint density at radius 3 is 2.38 bits per heavy atom. The molecule has 4 aromatic rings. The first-order chi connectivity index (χ1) is 12.6. The molecule has 0 saturated heterocycles. The molecule has 26 heavy (non-hydrogen) atoms. The topological polar surface area (TPSA) is 57.8 Å². The second kappa shape index (κ2) is 6.48. The molecule has 3 aromatic carbocycles. The van der Waals surface area contributed by atoms with Crippen LogP contribution in [0.25, 0.3) is 22.4 Å². The maximum atomic E-state index is 12.9. The Balaban J connectivity index is 1.72. The second-order valence-electron chi connectivity index (χ2n) is 6.48. The molecule has 0 bridgehead atoms. The van der Waals surface area contributed by atoms with Gasteiger partial charge in [0.15, 0.2) is 0 Å². The van der Waals surface area contributed by atoms with Crippen LogP contribution >= 0.6 is 0 Å². The number of rotatable bonds is 3. The molecule has 0 saturated carbocycles. The van der Waals surface area contributed by atoms with Crippen molar-refractivity contribution in [3.05, 3.63) is 83.4 Å². The van der Waals surface area contributed by atoms with Gasteiger partial charge in [-0.2, -0.15) is 0 Å². The highest BCUT2D eigenvalue weighted by molar-refractivity contribution is 6.08. The predicted molar refractivity (Wildman–Crippen MR) is 105 cm³/mol. The number of hydrogen-bond donors (Lipinski definition) is 2. The van der Waals surface area contributed by atoms with Crippen molar-refractivity contribution in [3.63, 3.8) is 0 Å². The first-order valence-electron chi connectivity index (χ1n) is 8.54. The van der Waals surface area contributed by atoms with Crippen molar-refractivity contribution < 1.29 is 4.79 Å². The van der Waals surface area contributed by atoms with Crippen molar-refractivity contribution in [2.75, 3.05) is 5.32 Å². The number of aromatic amines is 1. The summed E-state index contributed by atoms with van der Waals surface area (Å²) in [6.45, 7) is 4.04. The van der Waals surface area contributed by atoms with Gasteiger partial charge in [0.05, 0.1) is 16.6 Å². The minimum Gasteiger partial charge on any atom is -0.338 e. The molecule has 0 aliphatic carbocycles. The molecule has 1 heterocycles. The van der Waals surface area contributed by atoms with E-state index in [2.05, 4.69) is 21.4 Å². The van der Waals surface area contributed by atoms with Crippen LogP contribution in [0.15, 0.2) is 66.7 Å². The molecule has 1 amide bonds. The first kappa shape index (κ1) is 16.1. The highest BCUT2D eigenvalue weighted by Crippen LogP contribution is 2.25. The van der Waals surface area contributed by atoms with E-state index in [1.165, 1.54) is 0 Å². The van der Waals surface area contributed by atoms with Gasteiger partial charge in [-0.05, 0) is 55.3 Å². The van der Waals surface area contributed by atoms with Gasteiger partial charge in [0.1, 0.15) is 5.82 Å². The molecule has 0 spiro atoms. The van der Waals surface area contributed by atoms with Crippen molar-refractivity contribution in [2.45, 2.75) is 13.8 Å². The highest BCUT2D eigenvalue weighted by Gasteiger charge is 2.15. The summed E-state index contributed by atoms with van der Waals surface area (Å²) in [5.41, 5.74) is 6.24. The van der Waals surface area contributed by atoms with Crippen LogP contribution in [0.2, 0.25) is 0 Å². The number of imidazole rings is 1. The minimum atomic E-state index is -0.147. The number of hydrogen-bond acceptors (Lipinski definition) is 2. The van der Waals surface area contributed by atoms with E-state index in [0.717, 1.165) is 33.4 Å². The van der Waals surface area contributed by atoms with Gasteiger partial charge in [-0.1, -0.05) is 36.4 Å². The number of amides is 1. The van der Waals surface area contributed by atoms with Gasteiger partial charge in [0.2, 0.25) is 0 Å². The molecule has 4 nitrogen and oxygen atoms in total. The third kappa shape index (κ3) is 3.09. The fraction of sp³-hybridized carbons (Fsp3) is 0.0909. The number of nitrogens with zero attached hydrogens (tertiary/aromatic N) is 1. The van der Waals surface area contributed by atoms with Gasteiger partial charge in [0, 0.05) is 11.3 Å². The van der Waals surface area contributed by atoms with Crippen LogP contribution in [0.5, 0.6) is 0 Å². The van der Waals surface area contributed by atoms with E-state index in [1.54, 1.807) is 0 Å². The molecule has 0 unspecified atom stereocenters. The number of nitrogens with one attached hydrogen (secondary N) is 2. The maximum absolute atomic E-state index is 12.9. The summed E-state index contributed by atoms with van der Waals surface area (Å²) in [5, 5.41) is 3.00. The molecule has 1 aromatic heterocycles. The van der Waals surface area contributed by atoms with E-state index < -0.39 is 0 Å². The standard InChI is InChI=1S/C22H19N3O/c1-14-11-15(2)13-16(12-14)23-22(26)18-8-4-3-7-17(18)21-24-19-9-5-6-10-20(19)25-21/h3-13H,1-2H3,(H,23,26)(H,24,25). The van der Waals surface area contributed by atoms with Crippen LogP contribution in [0.1, 0.15) is 21.5 Å². The van der Waals surface area contributed by atoms with Crippen molar-refractivity contribution in [1.29, 1.82) is 0 Å². The minimum absolute atomic E-state index is 0.147. The summed E-state index contributed by atoms with van der Waals surface area (Å²) in [6.07, 6.45) is 0. The molecule has 0 atom stereocenters. The molecule has 4 heteroatoms. The molecular formula is C22H19N3O. The molecule has 128 valence electrons.